The van der Waals surface area contributed by atoms with Gasteiger partial charge in [-0.1, -0.05) is 18.2 Å². The van der Waals surface area contributed by atoms with Crippen LogP contribution in [0.3, 0.4) is 0 Å². The van der Waals surface area contributed by atoms with Crippen LogP contribution in [0.4, 0.5) is 5.69 Å². The minimum Gasteiger partial charge on any atom is -0.506 e. The maximum atomic E-state index is 10.3. The first-order chi connectivity index (χ1) is 12.1. The number of benzene rings is 1. The summed E-state index contributed by atoms with van der Waals surface area (Å²) in [6, 6.07) is 16.4. The smallest absolute Gasteiger partial charge is 0.174 e. The van der Waals surface area contributed by atoms with Crippen molar-refractivity contribution in [2.45, 2.75) is 19.0 Å². The molecule has 1 aromatic carbocycles. The molecule has 2 unspecified atom stereocenters. The van der Waals surface area contributed by atoms with Gasteiger partial charge in [0.05, 0.1) is 17.4 Å². The van der Waals surface area contributed by atoms with Crippen LogP contribution >= 0.6 is 12.2 Å². The zero-order valence-corrected chi connectivity index (χ0v) is 14.4. The highest BCUT2D eigenvalue weighted by Crippen LogP contribution is 2.44. The van der Waals surface area contributed by atoms with E-state index in [-0.39, 0.29) is 17.8 Å². The molecule has 126 valence electrons. The first-order valence-corrected chi connectivity index (χ1v) is 8.41. The number of furan rings is 1. The number of hydrogen-bond donors (Lipinski definition) is 2. The molecule has 25 heavy (non-hydrogen) atoms. The SMILES string of the molecule is Cc1ccc(C2C(c3ccccn3)NC(=S)N2c2ccccc2O)o1. The highest BCUT2D eigenvalue weighted by molar-refractivity contribution is 7.80. The van der Waals surface area contributed by atoms with Crippen LogP contribution in [0.1, 0.15) is 29.3 Å². The molecule has 1 aliphatic rings. The lowest BCUT2D eigenvalue weighted by atomic mass is 10.0. The summed E-state index contributed by atoms with van der Waals surface area (Å²) in [5.41, 5.74) is 1.50. The average Bonchev–Trinajstić information content (AvgIpc) is 3.19. The zero-order valence-electron chi connectivity index (χ0n) is 13.6. The van der Waals surface area contributed by atoms with Gasteiger partial charge in [-0.25, -0.2) is 0 Å². The van der Waals surface area contributed by atoms with Gasteiger partial charge < -0.3 is 19.7 Å². The number of aryl methyl sites for hydroxylation is 1. The number of aromatic hydroxyl groups is 1. The van der Waals surface area contributed by atoms with Gasteiger partial charge >= 0.3 is 0 Å². The lowest BCUT2D eigenvalue weighted by molar-refractivity contribution is 0.415. The second kappa shape index (κ2) is 6.22. The molecule has 1 aliphatic heterocycles. The van der Waals surface area contributed by atoms with E-state index in [4.69, 9.17) is 16.6 Å². The van der Waals surface area contributed by atoms with E-state index in [2.05, 4.69) is 10.3 Å². The van der Waals surface area contributed by atoms with Gasteiger partial charge in [-0.05, 0) is 55.5 Å². The molecular formula is C19H17N3O2S. The van der Waals surface area contributed by atoms with Gasteiger partial charge in [-0.3, -0.25) is 4.98 Å². The third-order valence-corrected chi connectivity index (χ3v) is 4.61. The first-order valence-electron chi connectivity index (χ1n) is 8.00. The molecule has 0 bridgehead atoms. The number of aromatic nitrogens is 1. The molecule has 3 heterocycles. The predicted molar refractivity (Wildman–Crippen MR) is 99.5 cm³/mol. The molecule has 2 N–H and O–H groups in total. The number of phenolic OH excluding ortho intramolecular Hbond substituents is 1. The Balaban J connectivity index is 1.85. The topological polar surface area (TPSA) is 61.5 Å². The average molecular weight is 351 g/mol. The molecule has 4 rings (SSSR count). The monoisotopic (exact) mass is 351 g/mol. The van der Waals surface area contributed by atoms with Crippen molar-refractivity contribution in [1.29, 1.82) is 0 Å². The molecule has 1 fully saturated rings. The molecular weight excluding hydrogens is 334 g/mol. The highest BCUT2D eigenvalue weighted by Gasteiger charge is 2.43. The van der Waals surface area contributed by atoms with E-state index in [0.29, 0.717) is 10.8 Å². The van der Waals surface area contributed by atoms with E-state index >= 15 is 0 Å². The van der Waals surface area contributed by atoms with Gasteiger partial charge in [0.15, 0.2) is 5.11 Å². The Kier molecular flexibility index (Phi) is 3.89. The van der Waals surface area contributed by atoms with Crippen molar-refractivity contribution in [2.75, 3.05) is 4.90 Å². The number of pyridine rings is 1. The summed E-state index contributed by atoms with van der Waals surface area (Å²) in [6.07, 6.45) is 1.76. The van der Waals surface area contributed by atoms with Gasteiger partial charge in [0.2, 0.25) is 0 Å². The van der Waals surface area contributed by atoms with Crippen molar-refractivity contribution in [2.24, 2.45) is 0 Å². The minimum absolute atomic E-state index is 0.168. The lowest BCUT2D eigenvalue weighted by Gasteiger charge is -2.26. The number of nitrogens with one attached hydrogen (secondary N) is 1. The van der Waals surface area contributed by atoms with E-state index in [1.54, 1.807) is 18.3 Å². The molecule has 1 saturated heterocycles. The molecule has 0 radical (unpaired) electrons. The van der Waals surface area contributed by atoms with Crippen molar-refractivity contribution in [1.82, 2.24) is 10.3 Å². The molecule has 3 aromatic rings. The fourth-order valence-electron chi connectivity index (χ4n) is 3.18. The second-order valence-electron chi connectivity index (χ2n) is 5.93. The molecule has 2 atom stereocenters. The van der Waals surface area contributed by atoms with Crippen molar-refractivity contribution in [3.05, 3.63) is 78.0 Å². The number of phenols is 1. The van der Waals surface area contributed by atoms with Gasteiger partial charge in [0.25, 0.3) is 0 Å². The number of anilines is 1. The van der Waals surface area contributed by atoms with Crippen LogP contribution in [0.15, 0.2) is 65.2 Å². The fourth-order valence-corrected chi connectivity index (χ4v) is 3.52. The number of para-hydroxylation sites is 2. The van der Waals surface area contributed by atoms with Crippen molar-refractivity contribution < 1.29 is 9.52 Å². The van der Waals surface area contributed by atoms with Crippen LogP contribution in [0, 0.1) is 6.92 Å². The Hall–Kier alpha value is -2.86. The highest BCUT2D eigenvalue weighted by atomic mass is 32.1. The normalized spacial score (nSPS) is 19.9. The van der Waals surface area contributed by atoms with Gasteiger partial charge in [-0.2, -0.15) is 0 Å². The quantitative estimate of drug-likeness (QED) is 0.699. The van der Waals surface area contributed by atoms with Gasteiger partial charge in [0, 0.05) is 6.20 Å². The number of rotatable bonds is 3. The summed E-state index contributed by atoms with van der Waals surface area (Å²) < 4.78 is 5.91. The van der Waals surface area contributed by atoms with Crippen LogP contribution < -0.4 is 10.2 Å². The summed E-state index contributed by atoms with van der Waals surface area (Å²) in [5.74, 6) is 1.76. The van der Waals surface area contributed by atoms with Gasteiger partial charge in [-0.15, -0.1) is 0 Å². The number of thiocarbonyl (C=S) groups is 1. The predicted octanol–water partition coefficient (Wildman–Crippen LogP) is 3.87. The Bertz CT molecular complexity index is 910. The maximum Gasteiger partial charge on any atom is 0.174 e. The standard InChI is InChI=1S/C19H17N3O2S/c1-12-9-10-16(24-12)18-17(13-6-4-5-11-20-13)21-19(25)22(18)14-7-2-3-8-15(14)23/h2-11,17-18,23H,1H3,(H,21,25). The summed E-state index contributed by atoms with van der Waals surface area (Å²) in [4.78, 5) is 6.37. The Morgan fingerprint density at radius 3 is 2.60 bits per heavy atom. The van der Waals surface area contributed by atoms with E-state index in [1.165, 1.54) is 0 Å². The fraction of sp³-hybridized carbons (Fsp3) is 0.158. The van der Waals surface area contributed by atoms with Crippen LogP contribution in [0.5, 0.6) is 5.75 Å². The Morgan fingerprint density at radius 1 is 1.12 bits per heavy atom. The number of hydrogen-bond acceptors (Lipinski definition) is 4. The van der Waals surface area contributed by atoms with E-state index in [9.17, 15) is 5.11 Å². The van der Waals surface area contributed by atoms with Crippen LogP contribution in [0.25, 0.3) is 0 Å². The number of nitrogens with zero attached hydrogens (tertiary/aromatic N) is 2. The van der Waals surface area contributed by atoms with E-state index < -0.39 is 0 Å². The molecule has 0 amide bonds. The van der Waals surface area contributed by atoms with Crippen molar-refractivity contribution in [3.63, 3.8) is 0 Å². The zero-order chi connectivity index (χ0) is 17.4. The molecule has 2 aromatic heterocycles. The first kappa shape index (κ1) is 15.7. The van der Waals surface area contributed by atoms with E-state index in [1.807, 2.05) is 54.3 Å². The molecule has 5 nitrogen and oxygen atoms in total. The second-order valence-corrected chi connectivity index (χ2v) is 6.32. The lowest BCUT2D eigenvalue weighted by Crippen LogP contribution is -2.29. The molecule has 0 saturated carbocycles. The van der Waals surface area contributed by atoms with Crippen LogP contribution in [0.2, 0.25) is 0 Å². The third-order valence-electron chi connectivity index (χ3n) is 4.29. The minimum atomic E-state index is -0.246. The van der Waals surface area contributed by atoms with Gasteiger partial charge in [0.1, 0.15) is 23.3 Å². The summed E-state index contributed by atoms with van der Waals surface area (Å²) in [6.45, 7) is 1.91. The van der Waals surface area contributed by atoms with Crippen LogP contribution in [-0.2, 0) is 0 Å². The summed E-state index contributed by atoms with van der Waals surface area (Å²) in [5, 5.41) is 14.2. The molecule has 0 aliphatic carbocycles. The summed E-state index contributed by atoms with van der Waals surface area (Å²) >= 11 is 5.58. The maximum absolute atomic E-state index is 10.3. The largest absolute Gasteiger partial charge is 0.506 e. The van der Waals surface area contributed by atoms with Crippen molar-refractivity contribution >= 4 is 23.0 Å². The van der Waals surface area contributed by atoms with Crippen LogP contribution in [-0.4, -0.2) is 15.2 Å². The molecule has 6 heteroatoms. The Morgan fingerprint density at radius 2 is 1.92 bits per heavy atom. The van der Waals surface area contributed by atoms with Crippen molar-refractivity contribution in [3.8, 4) is 5.75 Å². The van der Waals surface area contributed by atoms with E-state index in [0.717, 1.165) is 17.2 Å². The Labute approximate surface area is 150 Å². The third kappa shape index (κ3) is 2.74. The summed E-state index contributed by atoms with van der Waals surface area (Å²) in [7, 11) is 0. The molecule has 0 spiro atoms.